The lowest BCUT2D eigenvalue weighted by Crippen LogP contribution is -2.50. The zero-order chi connectivity index (χ0) is 20.8. The second-order valence-corrected chi connectivity index (χ2v) is 7.74. The first-order chi connectivity index (χ1) is 14.0. The average Bonchev–Trinajstić information content (AvgIpc) is 2.74. The number of benzene rings is 2. The number of carbonyl (C=O) groups excluding carboxylic acids is 1. The first kappa shape index (κ1) is 21.0. The Bertz CT molecular complexity index is 940. The van der Waals surface area contributed by atoms with E-state index in [1.165, 1.54) is 4.90 Å². The van der Waals surface area contributed by atoms with E-state index in [0.717, 1.165) is 37.7 Å². The molecule has 0 aromatic heterocycles. The molecule has 3 rings (SSSR count). The molecule has 4 nitrogen and oxygen atoms in total. The molecule has 0 heterocycles. The first-order valence-electron chi connectivity index (χ1n) is 9.89. The Balaban J connectivity index is 1.92. The molecule has 2 aromatic carbocycles. The third-order valence-corrected chi connectivity index (χ3v) is 5.64. The molecular formula is C24H24ClNO3. The van der Waals surface area contributed by atoms with Crippen molar-refractivity contribution in [3.63, 3.8) is 0 Å². The molecule has 0 spiro atoms. The maximum Gasteiger partial charge on any atom is 0.326 e. The van der Waals surface area contributed by atoms with Crippen molar-refractivity contribution >= 4 is 23.5 Å². The van der Waals surface area contributed by atoms with Gasteiger partial charge in [0.25, 0.3) is 5.91 Å². The Morgan fingerprint density at radius 3 is 2.41 bits per heavy atom. The van der Waals surface area contributed by atoms with E-state index in [1.54, 1.807) is 25.1 Å². The monoisotopic (exact) mass is 409 g/mol. The fourth-order valence-corrected chi connectivity index (χ4v) is 3.87. The van der Waals surface area contributed by atoms with Gasteiger partial charge in [-0.2, -0.15) is 0 Å². The lowest BCUT2D eigenvalue weighted by atomic mass is 9.92. The highest BCUT2D eigenvalue weighted by molar-refractivity contribution is 6.31. The Hall–Kier alpha value is -2.77. The van der Waals surface area contributed by atoms with Crippen LogP contribution in [0.25, 0.3) is 0 Å². The molecule has 0 saturated heterocycles. The van der Waals surface area contributed by atoms with Gasteiger partial charge in [-0.25, -0.2) is 4.79 Å². The van der Waals surface area contributed by atoms with E-state index in [1.807, 2.05) is 30.3 Å². The second-order valence-electron chi connectivity index (χ2n) is 7.33. The predicted octanol–water partition coefficient (Wildman–Crippen LogP) is 4.99. The van der Waals surface area contributed by atoms with E-state index < -0.39 is 12.0 Å². The van der Waals surface area contributed by atoms with Crippen molar-refractivity contribution in [1.82, 2.24) is 4.90 Å². The average molecular weight is 410 g/mol. The fraction of sp³-hybridized carbons (Fsp3) is 0.333. The third-order valence-electron chi connectivity index (χ3n) is 5.31. The maximum absolute atomic E-state index is 13.3. The number of carboxylic acids is 1. The molecule has 0 bridgehead atoms. The molecule has 29 heavy (non-hydrogen) atoms. The van der Waals surface area contributed by atoms with Crippen molar-refractivity contribution in [2.24, 2.45) is 0 Å². The quantitative estimate of drug-likeness (QED) is 0.724. The summed E-state index contributed by atoms with van der Waals surface area (Å²) in [6.45, 7) is 1.57. The minimum atomic E-state index is -0.998. The van der Waals surface area contributed by atoms with Crippen molar-refractivity contribution in [3.8, 4) is 11.8 Å². The van der Waals surface area contributed by atoms with Gasteiger partial charge in [0, 0.05) is 22.7 Å². The fourth-order valence-electron chi connectivity index (χ4n) is 3.70. The van der Waals surface area contributed by atoms with E-state index >= 15 is 0 Å². The number of carboxylic acid groups (broad SMARTS) is 1. The SMILES string of the molecule is CC(C(=O)O)N(C(=O)c1ccc(Cl)c(C#Cc2ccccc2)c1)C1CCCCC1. The van der Waals surface area contributed by atoms with Crippen LogP contribution in [0.2, 0.25) is 5.02 Å². The molecule has 1 saturated carbocycles. The van der Waals surface area contributed by atoms with Crippen LogP contribution < -0.4 is 0 Å². The van der Waals surface area contributed by atoms with E-state index in [4.69, 9.17) is 11.6 Å². The van der Waals surface area contributed by atoms with Gasteiger partial charge in [-0.1, -0.05) is 60.9 Å². The van der Waals surface area contributed by atoms with Crippen molar-refractivity contribution in [2.45, 2.75) is 51.1 Å². The Morgan fingerprint density at radius 2 is 1.76 bits per heavy atom. The Labute approximate surface area is 176 Å². The van der Waals surface area contributed by atoms with Gasteiger partial charge in [-0.05, 0) is 50.1 Å². The molecule has 1 aliphatic carbocycles. The summed E-state index contributed by atoms with van der Waals surface area (Å²) in [5.41, 5.74) is 1.81. The normalized spacial score (nSPS) is 15.1. The molecule has 1 aliphatic rings. The van der Waals surface area contributed by atoms with Crippen LogP contribution in [0.4, 0.5) is 0 Å². The molecule has 1 amide bonds. The van der Waals surface area contributed by atoms with Gasteiger partial charge in [0.1, 0.15) is 6.04 Å². The number of carbonyl (C=O) groups is 2. The molecule has 0 radical (unpaired) electrons. The third kappa shape index (κ3) is 5.19. The highest BCUT2D eigenvalue weighted by Gasteiger charge is 2.33. The van der Waals surface area contributed by atoms with E-state index in [2.05, 4.69) is 11.8 Å². The minimum Gasteiger partial charge on any atom is -0.480 e. The van der Waals surface area contributed by atoms with Crippen LogP contribution >= 0.6 is 11.6 Å². The number of aliphatic carboxylic acids is 1. The van der Waals surface area contributed by atoms with Crippen molar-refractivity contribution < 1.29 is 14.7 Å². The first-order valence-corrected chi connectivity index (χ1v) is 10.3. The number of hydrogen-bond donors (Lipinski definition) is 1. The number of amides is 1. The maximum atomic E-state index is 13.3. The molecule has 150 valence electrons. The van der Waals surface area contributed by atoms with Crippen LogP contribution in [0.1, 0.15) is 60.5 Å². The zero-order valence-corrected chi connectivity index (χ0v) is 17.2. The Morgan fingerprint density at radius 1 is 1.07 bits per heavy atom. The van der Waals surface area contributed by atoms with E-state index in [0.29, 0.717) is 16.1 Å². The molecule has 1 unspecified atom stereocenters. The summed E-state index contributed by atoms with van der Waals surface area (Å²) >= 11 is 6.29. The van der Waals surface area contributed by atoms with E-state index in [-0.39, 0.29) is 11.9 Å². The van der Waals surface area contributed by atoms with Gasteiger partial charge in [0.2, 0.25) is 0 Å². The molecule has 1 atom stereocenters. The molecule has 5 heteroatoms. The van der Waals surface area contributed by atoms with Crippen molar-refractivity contribution in [2.75, 3.05) is 0 Å². The summed E-state index contributed by atoms with van der Waals surface area (Å²) in [4.78, 5) is 26.5. The van der Waals surface area contributed by atoms with Gasteiger partial charge in [-0.3, -0.25) is 4.79 Å². The van der Waals surface area contributed by atoms with Gasteiger partial charge in [-0.15, -0.1) is 0 Å². The van der Waals surface area contributed by atoms with Gasteiger partial charge in [0.15, 0.2) is 0 Å². The molecule has 1 N–H and O–H groups in total. The van der Waals surface area contributed by atoms with Crippen LogP contribution in [0.15, 0.2) is 48.5 Å². The van der Waals surface area contributed by atoms with Crippen molar-refractivity contribution in [1.29, 1.82) is 0 Å². The van der Waals surface area contributed by atoms with Gasteiger partial charge in [0.05, 0.1) is 5.02 Å². The lowest BCUT2D eigenvalue weighted by molar-refractivity contribution is -0.142. The summed E-state index contributed by atoms with van der Waals surface area (Å²) in [6.07, 6.45) is 4.81. The van der Waals surface area contributed by atoms with E-state index in [9.17, 15) is 14.7 Å². The van der Waals surface area contributed by atoms with Crippen LogP contribution in [0, 0.1) is 11.8 Å². The summed E-state index contributed by atoms with van der Waals surface area (Å²) in [5, 5.41) is 10.0. The summed E-state index contributed by atoms with van der Waals surface area (Å²) in [6, 6.07) is 13.5. The Kier molecular flexibility index (Phi) is 6.95. The summed E-state index contributed by atoms with van der Waals surface area (Å²) < 4.78 is 0. The molecule has 2 aromatic rings. The standard InChI is InChI=1S/C24H24ClNO3/c1-17(24(28)29)26(21-10-6-3-7-11-21)23(27)20-14-15-22(25)19(16-20)13-12-18-8-4-2-5-9-18/h2,4-5,8-9,14-17,21H,3,6-7,10-11H2,1H3,(H,28,29). The number of rotatable bonds is 4. The second kappa shape index (κ2) is 9.62. The molecule has 0 aliphatic heterocycles. The van der Waals surface area contributed by atoms with Crippen LogP contribution in [0.3, 0.4) is 0 Å². The highest BCUT2D eigenvalue weighted by Crippen LogP contribution is 2.27. The highest BCUT2D eigenvalue weighted by atomic mass is 35.5. The summed E-state index contributed by atoms with van der Waals surface area (Å²) in [7, 11) is 0. The van der Waals surface area contributed by atoms with Crippen LogP contribution in [-0.4, -0.2) is 34.0 Å². The van der Waals surface area contributed by atoms with Crippen LogP contribution in [0.5, 0.6) is 0 Å². The predicted molar refractivity (Wildman–Crippen MR) is 114 cm³/mol. The number of nitrogens with zero attached hydrogens (tertiary/aromatic N) is 1. The minimum absolute atomic E-state index is 0.0584. The topological polar surface area (TPSA) is 57.6 Å². The number of halogens is 1. The molecular weight excluding hydrogens is 386 g/mol. The smallest absolute Gasteiger partial charge is 0.326 e. The zero-order valence-electron chi connectivity index (χ0n) is 16.4. The summed E-state index contributed by atoms with van der Waals surface area (Å²) in [5.74, 6) is 4.79. The van der Waals surface area contributed by atoms with Gasteiger partial charge < -0.3 is 10.0 Å². The van der Waals surface area contributed by atoms with Crippen molar-refractivity contribution in [3.05, 3.63) is 70.2 Å². The number of hydrogen-bond acceptors (Lipinski definition) is 2. The molecule has 1 fully saturated rings. The van der Waals surface area contributed by atoms with Gasteiger partial charge >= 0.3 is 5.97 Å². The van der Waals surface area contributed by atoms with Crippen LogP contribution in [-0.2, 0) is 4.79 Å². The lowest BCUT2D eigenvalue weighted by Gasteiger charge is -2.37. The largest absolute Gasteiger partial charge is 0.480 e.